The third kappa shape index (κ3) is 2.06. The smallest absolute Gasteiger partial charge is 0.0662 e. The summed E-state index contributed by atoms with van der Waals surface area (Å²) in [4.78, 5) is 0. The maximum Gasteiger partial charge on any atom is 0.0662 e. The lowest BCUT2D eigenvalue weighted by molar-refractivity contribution is 0.549. The van der Waals surface area contributed by atoms with Crippen molar-refractivity contribution in [3.63, 3.8) is 0 Å². The topological polar surface area (TPSA) is 43.8 Å². The van der Waals surface area contributed by atoms with Gasteiger partial charge in [-0.3, -0.25) is 4.68 Å². The summed E-state index contributed by atoms with van der Waals surface area (Å²) < 4.78 is 2.13. The minimum atomic E-state index is 0.184. The summed E-state index contributed by atoms with van der Waals surface area (Å²) in [5.41, 5.74) is 11.5. The molecule has 1 atom stereocenters. The lowest BCUT2D eigenvalue weighted by Gasteiger charge is -2.20. The van der Waals surface area contributed by atoms with Crippen molar-refractivity contribution < 1.29 is 0 Å². The second kappa shape index (κ2) is 4.74. The van der Waals surface area contributed by atoms with Crippen molar-refractivity contribution in [2.24, 2.45) is 5.73 Å². The highest BCUT2D eigenvalue weighted by Gasteiger charge is 2.50. The van der Waals surface area contributed by atoms with Gasteiger partial charge < -0.3 is 5.73 Å². The first-order valence-corrected chi connectivity index (χ1v) is 7.38. The number of aryl methyl sites for hydroxylation is 1. The average molecular weight is 269 g/mol. The van der Waals surface area contributed by atoms with Crippen LogP contribution < -0.4 is 5.73 Å². The Balaban J connectivity index is 1.96. The van der Waals surface area contributed by atoms with Gasteiger partial charge in [0.2, 0.25) is 0 Å². The van der Waals surface area contributed by atoms with Crippen LogP contribution in [-0.4, -0.2) is 15.8 Å². The molecule has 20 heavy (non-hydrogen) atoms. The Bertz CT molecular complexity index is 607. The third-order valence-corrected chi connectivity index (χ3v) is 4.71. The van der Waals surface area contributed by atoms with E-state index in [0.717, 1.165) is 12.2 Å². The highest BCUT2D eigenvalue weighted by atomic mass is 15.3. The molecular weight excluding hydrogens is 246 g/mol. The van der Waals surface area contributed by atoms with Crippen LogP contribution in [0.3, 0.4) is 0 Å². The number of hydrogen-bond acceptors (Lipinski definition) is 2. The van der Waals surface area contributed by atoms with Crippen LogP contribution in [0, 0.1) is 13.8 Å². The monoisotopic (exact) mass is 269 g/mol. The number of benzene rings is 1. The molecule has 1 aliphatic carbocycles. The molecule has 1 unspecified atom stereocenters. The van der Waals surface area contributed by atoms with Gasteiger partial charge in [0.05, 0.1) is 12.2 Å². The van der Waals surface area contributed by atoms with Crippen LogP contribution >= 0.6 is 0 Å². The second-order valence-corrected chi connectivity index (χ2v) is 6.13. The van der Waals surface area contributed by atoms with Crippen molar-refractivity contribution in [2.75, 3.05) is 0 Å². The Morgan fingerprint density at radius 1 is 1.25 bits per heavy atom. The number of nitrogens with two attached hydrogens (primary N) is 1. The van der Waals surface area contributed by atoms with Crippen molar-refractivity contribution in [2.45, 2.75) is 51.6 Å². The summed E-state index contributed by atoms with van der Waals surface area (Å²) in [6.07, 6.45) is 2.40. The molecule has 1 saturated carbocycles. The summed E-state index contributed by atoms with van der Waals surface area (Å²) in [7, 11) is 0. The molecular formula is C17H23N3. The van der Waals surface area contributed by atoms with Crippen LogP contribution in [0.25, 0.3) is 0 Å². The predicted molar refractivity (Wildman–Crippen MR) is 81.8 cm³/mol. The van der Waals surface area contributed by atoms with Crippen LogP contribution in [0.5, 0.6) is 0 Å². The third-order valence-electron chi connectivity index (χ3n) is 4.71. The van der Waals surface area contributed by atoms with Crippen molar-refractivity contribution in [3.05, 3.63) is 52.8 Å². The van der Waals surface area contributed by atoms with Crippen molar-refractivity contribution >= 4 is 0 Å². The summed E-state index contributed by atoms with van der Waals surface area (Å²) in [5.74, 6) is 0. The molecule has 1 aromatic heterocycles. The summed E-state index contributed by atoms with van der Waals surface area (Å²) >= 11 is 0. The molecule has 0 radical (unpaired) electrons. The molecule has 106 valence electrons. The van der Waals surface area contributed by atoms with E-state index in [2.05, 4.69) is 49.7 Å². The minimum Gasteiger partial charge on any atom is -0.327 e. The van der Waals surface area contributed by atoms with E-state index in [1.165, 1.54) is 29.7 Å². The fourth-order valence-electron chi connectivity index (χ4n) is 3.40. The molecule has 3 nitrogen and oxygen atoms in total. The van der Waals surface area contributed by atoms with Gasteiger partial charge >= 0.3 is 0 Å². The maximum absolute atomic E-state index is 6.23. The van der Waals surface area contributed by atoms with Gasteiger partial charge in [-0.25, -0.2) is 0 Å². The van der Waals surface area contributed by atoms with E-state index < -0.39 is 0 Å². The van der Waals surface area contributed by atoms with Gasteiger partial charge in [0.15, 0.2) is 0 Å². The molecule has 2 N–H and O–H groups in total. The highest BCUT2D eigenvalue weighted by Crippen LogP contribution is 2.52. The van der Waals surface area contributed by atoms with E-state index in [4.69, 9.17) is 10.8 Å². The fourth-order valence-corrected chi connectivity index (χ4v) is 3.40. The van der Waals surface area contributed by atoms with Crippen LogP contribution in [-0.2, 0) is 12.0 Å². The molecule has 1 aliphatic rings. The van der Waals surface area contributed by atoms with Crippen molar-refractivity contribution in [1.82, 2.24) is 9.78 Å². The van der Waals surface area contributed by atoms with Gasteiger partial charge in [-0.2, -0.15) is 5.10 Å². The van der Waals surface area contributed by atoms with Crippen LogP contribution in [0.2, 0.25) is 0 Å². The quantitative estimate of drug-likeness (QED) is 0.927. The van der Waals surface area contributed by atoms with Gasteiger partial charge in [-0.05, 0) is 39.2 Å². The van der Waals surface area contributed by atoms with Gasteiger partial charge in [0.1, 0.15) is 0 Å². The number of rotatable bonds is 4. The Morgan fingerprint density at radius 3 is 2.45 bits per heavy atom. The fraction of sp³-hybridized carbons (Fsp3) is 0.471. The molecule has 1 fully saturated rings. The standard InChI is InChI=1S/C17H23N3/c1-12-16(17(9-10-17)14(3)18)13(2)20(19-12)11-15-7-5-4-6-8-15/h4-8,14H,9-11,18H2,1-3H3. The van der Waals surface area contributed by atoms with E-state index in [1.807, 2.05) is 6.07 Å². The molecule has 3 heteroatoms. The van der Waals surface area contributed by atoms with E-state index in [1.54, 1.807) is 0 Å². The Hall–Kier alpha value is -1.61. The number of aromatic nitrogens is 2. The molecule has 1 heterocycles. The first-order valence-electron chi connectivity index (χ1n) is 7.38. The highest BCUT2D eigenvalue weighted by molar-refractivity contribution is 5.40. The van der Waals surface area contributed by atoms with E-state index >= 15 is 0 Å². The average Bonchev–Trinajstić information content (AvgIpc) is 3.16. The van der Waals surface area contributed by atoms with Gasteiger partial charge in [0.25, 0.3) is 0 Å². The Kier molecular flexibility index (Phi) is 3.17. The molecule has 2 aromatic rings. The lowest BCUT2D eigenvalue weighted by Crippen LogP contribution is -2.32. The second-order valence-electron chi connectivity index (χ2n) is 6.13. The zero-order valence-electron chi connectivity index (χ0n) is 12.6. The zero-order chi connectivity index (χ0) is 14.3. The SMILES string of the molecule is Cc1nn(Cc2ccccc2)c(C)c1C1(C(C)N)CC1. The minimum absolute atomic E-state index is 0.184. The zero-order valence-corrected chi connectivity index (χ0v) is 12.6. The van der Waals surface area contributed by atoms with E-state index in [-0.39, 0.29) is 11.5 Å². The summed E-state index contributed by atoms with van der Waals surface area (Å²) in [6, 6.07) is 10.7. The lowest BCUT2D eigenvalue weighted by atomic mass is 9.88. The van der Waals surface area contributed by atoms with Crippen LogP contribution in [0.4, 0.5) is 0 Å². The first kappa shape index (κ1) is 13.4. The van der Waals surface area contributed by atoms with Crippen molar-refractivity contribution in [1.29, 1.82) is 0 Å². The molecule has 0 saturated heterocycles. The number of nitrogens with zero attached hydrogens (tertiary/aromatic N) is 2. The normalized spacial score (nSPS) is 18.0. The maximum atomic E-state index is 6.23. The number of hydrogen-bond donors (Lipinski definition) is 1. The van der Waals surface area contributed by atoms with Crippen LogP contribution in [0.1, 0.15) is 42.3 Å². The molecule has 0 aliphatic heterocycles. The molecule has 0 bridgehead atoms. The van der Waals surface area contributed by atoms with Crippen molar-refractivity contribution in [3.8, 4) is 0 Å². The van der Waals surface area contributed by atoms with E-state index in [9.17, 15) is 0 Å². The summed E-state index contributed by atoms with van der Waals surface area (Å²) in [5, 5.41) is 4.76. The largest absolute Gasteiger partial charge is 0.327 e. The van der Waals surface area contributed by atoms with Gasteiger partial charge in [-0.15, -0.1) is 0 Å². The van der Waals surface area contributed by atoms with Gasteiger partial charge in [0, 0.05) is 22.7 Å². The van der Waals surface area contributed by atoms with E-state index in [0.29, 0.717) is 0 Å². The molecule has 0 amide bonds. The van der Waals surface area contributed by atoms with Crippen LogP contribution in [0.15, 0.2) is 30.3 Å². The molecule has 0 spiro atoms. The molecule has 3 rings (SSSR count). The Labute approximate surface area is 120 Å². The first-order chi connectivity index (χ1) is 9.54. The van der Waals surface area contributed by atoms with Gasteiger partial charge in [-0.1, -0.05) is 30.3 Å². The Morgan fingerprint density at radius 2 is 1.90 bits per heavy atom. The predicted octanol–water partition coefficient (Wildman–Crippen LogP) is 2.93. The summed E-state index contributed by atoms with van der Waals surface area (Å²) in [6.45, 7) is 7.26. The molecule has 1 aromatic carbocycles.